The van der Waals surface area contributed by atoms with Crippen molar-refractivity contribution in [2.24, 2.45) is 5.92 Å². The van der Waals surface area contributed by atoms with Gasteiger partial charge >= 0.3 is 5.97 Å². The molecule has 0 radical (unpaired) electrons. The molecule has 0 fully saturated rings. The molecule has 0 aromatic rings. The number of rotatable bonds is 3. The average molecular weight is 168 g/mol. The van der Waals surface area contributed by atoms with Gasteiger partial charge in [-0.2, -0.15) is 0 Å². The summed E-state index contributed by atoms with van der Waals surface area (Å²) in [6, 6.07) is 0. The Hall–Kier alpha value is -0.790. The third-order valence-electron chi connectivity index (χ3n) is 2.01. The van der Waals surface area contributed by atoms with Crippen molar-refractivity contribution in [2.45, 2.75) is 32.6 Å². The topological polar surface area (TPSA) is 26.3 Å². The molecule has 1 atom stereocenters. The first-order chi connectivity index (χ1) is 5.84. The minimum atomic E-state index is -0.0483. The highest BCUT2D eigenvalue weighted by atomic mass is 16.5. The van der Waals surface area contributed by atoms with E-state index >= 15 is 0 Å². The monoisotopic (exact) mass is 168 g/mol. The third kappa shape index (κ3) is 2.68. The zero-order valence-electron chi connectivity index (χ0n) is 7.58. The second-order valence-corrected chi connectivity index (χ2v) is 3.13. The summed E-state index contributed by atoms with van der Waals surface area (Å²) < 4.78 is 5.04. The SMILES string of the molecule is CCCOC(=O)C1C=CCCC1. The van der Waals surface area contributed by atoms with Gasteiger partial charge in [0, 0.05) is 0 Å². The van der Waals surface area contributed by atoms with E-state index in [-0.39, 0.29) is 11.9 Å². The van der Waals surface area contributed by atoms with Gasteiger partial charge in [-0.25, -0.2) is 0 Å². The molecule has 12 heavy (non-hydrogen) atoms. The summed E-state index contributed by atoms with van der Waals surface area (Å²) in [7, 11) is 0. The molecule has 2 heteroatoms. The summed E-state index contributed by atoms with van der Waals surface area (Å²) in [4.78, 5) is 11.3. The van der Waals surface area contributed by atoms with Crippen LogP contribution in [0.15, 0.2) is 12.2 Å². The summed E-state index contributed by atoms with van der Waals surface area (Å²) in [5, 5.41) is 0. The van der Waals surface area contributed by atoms with Crippen molar-refractivity contribution >= 4 is 5.97 Å². The molecule has 2 nitrogen and oxygen atoms in total. The fourth-order valence-corrected chi connectivity index (χ4v) is 1.32. The Kier molecular flexibility index (Phi) is 3.85. The van der Waals surface area contributed by atoms with E-state index in [4.69, 9.17) is 4.74 Å². The van der Waals surface area contributed by atoms with Crippen LogP contribution in [0.5, 0.6) is 0 Å². The summed E-state index contributed by atoms with van der Waals surface area (Å²) in [6.07, 6.45) is 8.13. The number of hydrogen-bond donors (Lipinski definition) is 0. The normalized spacial score (nSPS) is 22.2. The second kappa shape index (κ2) is 4.96. The van der Waals surface area contributed by atoms with Gasteiger partial charge < -0.3 is 4.74 Å². The molecule has 0 saturated heterocycles. The summed E-state index contributed by atoms with van der Waals surface area (Å²) in [5.74, 6) is -0.0156. The Bertz CT molecular complexity index is 173. The highest BCUT2D eigenvalue weighted by Gasteiger charge is 2.17. The Morgan fingerprint density at radius 1 is 1.67 bits per heavy atom. The summed E-state index contributed by atoms with van der Waals surface area (Å²) in [5.41, 5.74) is 0. The molecule has 0 bridgehead atoms. The molecule has 0 amide bonds. The van der Waals surface area contributed by atoms with Crippen LogP contribution in [0.2, 0.25) is 0 Å². The lowest BCUT2D eigenvalue weighted by Crippen LogP contribution is -2.17. The standard InChI is InChI=1S/C10H16O2/c1-2-8-12-10(11)9-6-4-3-5-7-9/h4,6,9H,2-3,5,7-8H2,1H3. The fourth-order valence-electron chi connectivity index (χ4n) is 1.32. The highest BCUT2D eigenvalue weighted by Crippen LogP contribution is 2.18. The van der Waals surface area contributed by atoms with Crippen LogP contribution in [0.4, 0.5) is 0 Å². The van der Waals surface area contributed by atoms with Crippen molar-refractivity contribution in [3.05, 3.63) is 12.2 Å². The average Bonchev–Trinajstić information content (AvgIpc) is 2.15. The molecule has 0 N–H and O–H groups in total. The number of allylic oxidation sites excluding steroid dienone is 1. The van der Waals surface area contributed by atoms with Crippen LogP contribution < -0.4 is 0 Å². The van der Waals surface area contributed by atoms with Crippen molar-refractivity contribution in [3.63, 3.8) is 0 Å². The maximum atomic E-state index is 11.3. The van der Waals surface area contributed by atoms with Crippen LogP contribution in [0, 0.1) is 5.92 Å². The molecule has 0 aliphatic heterocycles. The molecule has 1 unspecified atom stereocenters. The molecule has 0 saturated carbocycles. The van der Waals surface area contributed by atoms with Crippen LogP contribution in [-0.2, 0) is 9.53 Å². The molecule has 0 aromatic carbocycles. The van der Waals surface area contributed by atoms with E-state index < -0.39 is 0 Å². The number of carbonyl (C=O) groups excluding carboxylic acids is 1. The molecule has 1 aliphatic rings. The van der Waals surface area contributed by atoms with Crippen molar-refractivity contribution in [3.8, 4) is 0 Å². The van der Waals surface area contributed by atoms with Crippen molar-refractivity contribution < 1.29 is 9.53 Å². The van der Waals surface area contributed by atoms with Gasteiger partial charge in [0.15, 0.2) is 0 Å². The van der Waals surface area contributed by atoms with Crippen LogP contribution in [-0.4, -0.2) is 12.6 Å². The lowest BCUT2D eigenvalue weighted by Gasteiger charge is -2.14. The van der Waals surface area contributed by atoms with Gasteiger partial charge in [0.1, 0.15) is 0 Å². The minimum Gasteiger partial charge on any atom is -0.465 e. The highest BCUT2D eigenvalue weighted by molar-refractivity contribution is 5.74. The lowest BCUT2D eigenvalue weighted by molar-refractivity contribution is -0.147. The first-order valence-corrected chi connectivity index (χ1v) is 4.68. The molecule has 0 heterocycles. The fraction of sp³-hybridized carbons (Fsp3) is 0.700. The predicted octanol–water partition coefficient (Wildman–Crippen LogP) is 2.30. The molecular formula is C10H16O2. The molecule has 0 spiro atoms. The maximum Gasteiger partial charge on any atom is 0.312 e. The first-order valence-electron chi connectivity index (χ1n) is 4.68. The van der Waals surface area contributed by atoms with E-state index in [0.29, 0.717) is 6.61 Å². The number of hydrogen-bond acceptors (Lipinski definition) is 2. The van der Waals surface area contributed by atoms with E-state index in [0.717, 1.165) is 25.7 Å². The minimum absolute atomic E-state index is 0.0327. The predicted molar refractivity (Wildman–Crippen MR) is 47.7 cm³/mol. The van der Waals surface area contributed by atoms with Crippen molar-refractivity contribution in [2.75, 3.05) is 6.61 Å². The van der Waals surface area contributed by atoms with Gasteiger partial charge in [0.05, 0.1) is 12.5 Å². The van der Waals surface area contributed by atoms with Crippen molar-refractivity contribution in [1.29, 1.82) is 0 Å². The molecule has 0 aromatic heterocycles. The van der Waals surface area contributed by atoms with E-state index in [1.807, 2.05) is 13.0 Å². The van der Waals surface area contributed by atoms with E-state index in [1.54, 1.807) is 0 Å². The van der Waals surface area contributed by atoms with Gasteiger partial charge in [-0.15, -0.1) is 0 Å². The third-order valence-corrected chi connectivity index (χ3v) is 2.01. The number of carbonyl (C=O) groups is 1. The van der Waals surface area contributed by atoms with Gasteiger partial charge in [0.2, 0.25) is 0 Å². The smallest absolute Gasteiger partial charge is 0.312 e. The Balaban J connectivity index is 2.30. The van der Waals surface area contributed by atoms with Gasteiger partial charge in [0.25, 0.3) is 0 Å². The molecular weight excluding hydrogens is 152 g/mol. The van der Waals surface area contributed by atoms with E-state index in [1.165, 1.54) is 0 Å². The zero-order chi connectivity index (χ0) is 8.81. The number of ether oxygens (including phenoxy) is 1. The van der Waals surface area contributed by atoms with Gasteiger partial charge in [-0.1, -0.05) is 19.1 Å². The van der Waals surface area contributed by atoms with Gasteiger partial charge in [-0.3, -0.25) is 4.79 Å². The molecule has 68 valence electrons. The Morgan fingerprint density at radius 3 is 3.08 bits per heavy atom. The lowest BCUT2D eigenvalue weighted by atomic mass is 9.96. The van der Waals surface area contributed by atoms with E-state index in [2.05, 4.69) is 6.08 Å². The largest absolute Gasteiger partial charge is 0.465 e. The van der Waals surface area contributed by atoms with Crippen LogP contribution in [0.3, 0.4) is 0 Å². The first kappa shape index (κ1) is 9.30. The molecule has 1 aliphatic carbocycles. The van der Waals surface area contributed by atoms with Gasteiger partial charge in [-0.05, 0) is 25.7 Å². The van der Waals surface area contributed by atoms with E-state index in [9.17, 15) is 4.79 Å². The summed E-state index contributed by atoms with van der Waals surface area (Å²) in [6.45, 7) is 2.56. The number of esters is 1. The quantitative estimate of drug-likeness (QED) is 0.477. The Morgan fingerprint density at radius 2 is 2.50 bits per heavy atom. The Labute approximate surface area is 73.6 Å². The van der Waals surface area contributed by atoms with Crippen molar-refractivity contribution in [1.82, 2.24) is 0 Å². The molecule has 1 rings (SSSR count). The van der Waals surface area contributed by atoms with Crippen LogP contribution in [0.1, 0.15) is 32.6 Å². The maximum absolute atomic E-state index is 11.3. The summed E-state index contributed by atoms with van der Waals surface area (Å²) >= 11 is 0. The second-order valence-electron chi connectivity index (χ2n) is 3.13. The van der Waals surface area contributed by atoms with Crippen LogP contribution >= 0.6 is 0 Å². The zero-order valence-corrected chi connectivity index (χ0v) is 7.58. The van der Waals surface area contributed by atoms with Crippen LogP contribution in [0.25, 0.3) is 0 Å².